The van der Waals surface area contributed by atoms with Gasteiger partial charge in [-0.1, -0.05) is 6.07 Å². The molecule has 0 aliphatic rings. The smallest absolute Gasteiger partial charge is 0.252 e. The highest BCUT2D eigenvalue weighted by atomic mass is 19.2. The van der Waals surface area contributed by atoms with E-state index in [-0.39, 0.29) is 33.2 Å². The number of nitrogens with one attached hydrogen (secondary N) is 2. The van der Waals surface area contributed by atoms with Crippen LogP contribution in [-0.4, -0.2) is 10.9 Å². The number of aromatic amines is 1. The van der Waals surface area contributed by atoms with Gasteiger partial charge in [0.05, 0.1) is 29.6 Å². The number of amides is 1. The number of aromatic nitrogens is 1. The monoisotopic (exact) mass is 399 g/mol. The number of aryl methyl sites for hydroxylation is 1. The fourth-order valence-electron chi connectivity index (χ4n) is 3.23. The van der Waals surface area contributed by atoms with E-state index < -0.39 is 41.4 Å². The van der Waals surface area contributed by atoms with Crippen LogP contribution in [0.25, 0.3) is 10.9 Å². The fraction of sp³-hybridized carbons (Fsp3) is 0.190. The van der Waals surface area contributed by atoms with Gasteiger partial charge in [0, 0.05) is 16.5 Å². The lowest BCUT2D eigenvalue weighted by atomic mass is 10.0. The zero-order chi connectivity index (χ0) is 21.3. The van der Waals surface area contributed by atoms with E-state index in [0.29, 0.717) is 0 Å². The molecule has 148 valence electrons. The Labute approximate surface area is 163 Å². The van der Waals surface area contributed by atoms with Gasteiger partial charge in [-0.15, -0.1) is 0 Å². The third-order valence-corrected chi connectivity index (χ3v) is 4.76. The van der Waals surface area contributed by atoms with Gasteiger partial charge in [0.1, 0.15) is 5.82 Å². The zero-order valence-electron chi connectivity index (χ0n) is 15.6. The lowest BCUT2D eigenvalue weighted by molar-refractivity contribution is -0.121. The van der Waals surface area contributed by atoms with Gasteiger partial charge in [-0.3, -0.25) is 9.59 Å². The van der Waals surface area contributed by atoms with Crippen LogP contribution in [0.4, 0.5) is 13.2 Å². The van der Waals surface area contributed by atoms with Crippen LogP contribution in [0.3, 0.4) is 0 Å². The van der Waals surface area contributed by atoms with E-state index in [1.807, 2.05) is 6.07 Å². The molecule has 0 radical (unpaired) electrons. The highest BCUT2D eigenvalue weighted by Crippen LogP contribution is 2.23. The van der Waals surface area contributed by atoms with Crippen LogP contribution >= 0.6 is 0 Å². The first kappa shape index (κ1) is 20.1. The van der Waals surface area contributed by atoms with Gasteiger partial charge in [-0.05, 0) is 43.7 Å². The lowest BCUT2D eigenvalue weighted by Gasteiger charge is -2.16. The van der Waals surface area contributed by atoms with Crippen molar-refractivity contribution in [2.45, 2.75) is 26.3 Å². The van der Waals surface area contributed by atoms with Gasteiger partial charge in [-0.25, -0.2) is 13.2 Å². The van der Waals surface area contributed by atoms with Crippen molar-refractivity contribution in [3.8, 4) is 6.07 Å². The molecule has 3 aromatic rings. The van der Waals surface area contributed by atoms with E-state index in [9.17, 15) is 22.8 Å². The number of H-pyrrole nitrogens is 1. The standard InChI is InChI=1S/C21H16F3N3O2/c1-10-14(21(29)27-17-6-5-15(22)20(24)19(10)17)8-18(28)26-11(2)13-4-3-12(9-25)7-16(13)23/h3-7,11H,8H2,1-2H3,(H,26,28)(H,27,29)/t11-/m0/s1. The van der Waals surface area contributed by atoms with E-state index in [1.165, 1.54) is 25.1 Å². The summed E-state index contributed by atoms with van der Waals surface area (Å²) in [6.45, 7) is 2.99. The summed E-state index contributed by atoms with van der Waals surface area (Å²) in [5, 5.41) is 11.3. The van der Waals surface area contributed by atoms with E-state index in [2.05, 4.69) is 10.3 Å². The van der Waals surface area contributed by atoms with Crippen LogP contribution in [0.1, 0.15) is 35.2 Å². The summed E-state index contributed by atoms with van der Waals surface area (Å²) >= 11 is 0. The van der Waals surface area contributed by atoms with Crippen molar-refractivity contribution in [2.75, 3.05) is 0 Å². The molecule has 0 unspecified atom stereocenters. The zero-order valence-corrected chi connectivity index (χ0v) is 15.6. The quantitative estimate of drug-likeness (QED) is 0.704. The Morgan fingerprint density at radius 1 is 1.21 bits per heavy atom. The van der Waals surface area contributed by atoms with Gasteiger partial charge in [0.15, 0.2) is 11.6 Å². The van der Waals surface area contributed by atoms with Crippen molar-refractivity contribution in [1.82, 2.24) is 10.3 Å². The molecule has 29 heavy (non-hydrogen) atoms. The summed E-state index contributed by atoms with van der Waals surface area (Å²) in [4.78, 5) is 27.2. The van der Waals surface area contributed by atoms with Crippen molar-refractivity contribution < 1.29 is 18.0 Å². The van der Waals surface area contributed by atoms with Crippen molar-refractivity contribution >= 4 is 16.8 Å². The highest BCUT2D eigenvalue weighted by Gasteiger charge is 2.19. The average Bonchev–Trinajstić information content (AvgIpc) is 2.67. The molecule has 0 aliphatic heterocycles. The summed E-state index contributed by atoms with van der Waals surface area (Å²) in [5.41, 5.74) is 0.0176. The Morgan fingerprint density at radius 2 is 1.93 bits per heavy atom. The van der Waals surface area contributed by atoms with Gasteiger partial charge in [0.2, 0.25) is 5.91 Å². The normalized spacial score (nSPS) is 11.9. The number of halogens is 3. The van der Waals surface area contributed by atoms with E-state index >= 15 is 0 Å². The molecule has 2 aromatic carbocycles. The molecule has 1 aromatic heterocycles. The minimum absolute atomic E-state index is 0.00741. The van der Waals surface area contributed by atoms with Crippen molar-refractivity contribution in [2.24, 2.45) is 0 Å². The van der Waals surface area contributed by atoms with Gasteiger partial charge < -0.3 is 10.3 Å². The molecule has 1 heterocycles. The van der Waals surface area contributed by atoms with Gasteiger partial charge in [-0.2, -0.15) is 5.26 Å². The number of benzene rings is 2. The van der Waals surface area contributed by atoms with Crippen LogP contribution in [0.5, 0.6) is 0 Å². The first-order valence-electron chi connectivity index (χ1n) is 8.71. The first-order chi connectivity index (χ1) is 13.7. The second kappa shape index (κ2) is 7.80. The van der Waals surface area contributed by atoms with Crippen LogP contribution in [0.2, 0.25) is 0 Å². The van der Waals surface area contributed by atoms with Crippen LogP contribution in [0.15, 0.2) is 35.1 Å². The Kier molecular flexibility index (Phi) is 5.41. The number of rotatable bonds is 4. The van der Waals surface area contributed by atoms with Crippen LogP contribution in [-0.2, 0) is 11.2 Å². The van der Waals surface area contributed by atoms with Crippen molar-refractivity contribution in [1.29, 1.82) is 5.26 Å². The lowest BCUT2D eigenvalue weighted by Crippen LogP contribution is -2.31. The van der Waals surface area contributed by atoms with Crippen LogP contribution < -0.4 is 10.9 Å². The predicted molar refractivity (Wildman–Crippen MR) is 101 cm³/mol. The molecular formula is C21H16F3N3O2. The number of hydrogen-bond acceptors (Lipinski definition) is 3. The second-order valence-corrected chi connectivity index (χ2v) is 6.66. The van der Waals surface area contributed by atoms with Crippen molar-refractivity contribution in [3.63, 3.8) is 0 Å². The molecule has 0 spiro atoms. The van der Waals surface area contributed by atoms with Crippen molar-refractivity contribution in [3.05, 3.63) is 80.4 Å². The molecule has 5 nitrogen and oxygen atoms in total. The Bertz CT molecular complexity index is 1230. The number of pyridine rings is 1. The third-order valence-electron chi connectivity index (χ3n) is 4.76. The number of nitriles is 1. The predicted octanol–water partition coefficient (Wildman–Crippen LogP) is 3.55. The Hall–Kier alpha value is -3.60. The molecular weight excluding hydrogens is 383 g/mol. The second-order valence-electron chi connectivity index (χ2n) is 6.66. The molecule has 0 saturated carbocycles. The average molecular weight is 399 g/mol. The third kappa shape index (κ3) is 3.85. The minimum Gasteiger partial charge on any atom is -0.349 e. The first-order valence-corrected chi connectivity index (χ1v) is 8.71. The van der Waals surface area contributed by atoms with Gasteiger partial charge in [0.25, 0.3) is 5.56 Å². The maximum atomic E-state index is 14.2. The Morgan fingerprint density at radius 3 is 2.59 bits per heavy atom. The number of carbonyl (C=O) groups excluding carboxylic acids is 1. The summed E-state index contributed by atoms with van der Waals surface area (Å²) in [6.07, 6.45) is -0.394. The molecule has 2 N–H and O–H groups in total. The maximum Gasteiger partial charge on any atom is 0.252 e. The number of fused-ring (bicyclic) bond motifs is 1. The molecule has 1 atom stereocenters. The number of hydrogen-bond donors (Lipinski definition) is 2. The fourth-order valence-corrected chi connectivity index (χ4v) is 3.23. The Balaban J connectivity index is 1.87. The molecule has 3 rings (SSSR count). The molecule has 8 heteroatoms. The number of nitrogens with zero attached hydrogens (tertiary/aromatic N) is 1. The van der Waals surface area contributed by atoms with Crippen LogP contribution in [0, 0.1) is 35.7 Å². The van der Waals surface area contributed by atoms with E-state index in [1.54, 1.807) is 6.92 Å². The van der Waals surface area contributed by atoms with E-state index in [0.717, 1.165) is 12.1 Å². The van der Waals surface area contributed by atoms with Gasteiger partial charge >= 0.3 is 0 Å². The SMILES string of the molecule is Cc1c(CC(=O)N[C@@H](C)c2ccc(C#N)cc2F)c(=O)[nH]c2ccc(F)c(F)c12. The summed E-state index contributed by atoms with van der Waals surface area (Å²) < 4.78 is 41.9. The van der Waals surface area contributed by atoms with E-state index in [4.69, 9.17) is 5.26 Å². The molecule has 0 saturated heterocycles. The topological polar surface area (TPSA) is 85.8 Å². The number of carbonyl (C=O) groups is 1. The molecule has 1 amide bonds. The largest absolute Gasteiger partial charge is 0.349 e. The molecule has 0 aliphatic carbocycles. The summed E-state index contributed by atoms with van der Waals surface area (Å²) in [6, 6.07) is 7.13. The summed E-state index contributed by atoms with van der Waals surface area (Å²) in [5.74, 6) is -3.40. The maximum absolute atomic E-state index is 14.2. The molecule has 0 bridgehead atoms. The minimum atomic E-state index is -1.11. The molecule has 0 fully saturated rings. The summed E-state index contributed by atoms with van der Waals surface area (Å²) in [7, 11) is 0. The highest BCUT2D eigenvalue weighted by molar-refractivity contribution is 5.86.